The van der Waals surface area contributed by atoms with Crippen molar-refractivity contribution in [1.82, 2.24) is 5.32 Å². The van der Waals surface area contributed by atoms with Crippen molar-refractivity contribution in [3.05, 3.63) is 0 Å². The number of rotatable bonds is 6. The van der Waals surface area contributed by atoms with E-state index in [2.05, 4.69) is 5.32 Å². The third kappa shape index (κ3) is 4.49. The van der Waals surface area contributed by atoms with E-state index in [-0.39, 0.29) is 12.0 Å². The molecular weight excluding hydrogens is 246 g/mol. The molecule has 3 atom stereocenters. The van der Waals surface area contributed by atoms with Gasteiger partial charge in [-0.1, -0.05) is 12.8 Å². The minimum absolute atomic E-state index is 0.0418. The predicted molar refractivity (Wildman–Crippen MR) is 71.8 cm³/mol. The van der Waals surface area contributed by atoms with Crippen molar-refractivity contribution in [2.24, 2.45) is 5.92 Å². The first-order valence-electron chi connectivity index (χ1n) is 6.95. The van der Waals surface area contributed by atoms with Crippen molar-refractivity contribution >= 4 is 11.9 Å². The van der Waals surface area contributed by atoms with Crippen molar-refractivity contribution in [2.45, 2.75) is 64.0 Å². The van der Waals surface area contributed by atoms with Crippen molar-refractivity contribution in [2.75, 3.05) is 7.11 Å². The summed E-state index contributed by atoms with van der Waals surface area (Å²) in [5.41, 5.74) is -0.614. The van der Waals surface area contributed by atoms with Gasteiger partial charge in [0.05, 0.1) is 17.6 Å². The van der Waals surface area contributed by atoms with Gasteiger partial charge in [0.1, 0.15) is 0 Å². The van der Waals surface area contributed by atoms with E-state index in [0.29, 0.717) is 19.3 Å². The highest BCUT2D eigenvalue weighted by atomic mass is 16.5. The van der Waals surface area contributed by atoms with Crippen LogP contribution in [0.2, 0.25) is 0 Å². The fraction of sp³-hybridized carbons (Fsp3) is 0.857. The number of carboxylic acids is 1. The van der Waals surface area contributed by atoms with Crippen LogP contribution in [0.4, 0.5) is 0 Å². The van der Waals surface area contributed by atoms with Crippen LogP contribution in [-0.4, -0.2) is 35.7 Å². The van der Waals surface area contributed by atoms with E-state index >= 15 is 0 Å². The van der Waals surface area contributed by atoms with Gasteiger partial charge in [-0.2, -0.15) is 0 Å². The molecule has 2 N–H and O–H groups in total. The van der Waals surface area contributed by atoms with E-state index in [1.54, 1.807) is 7.11 Å². The number of methoxy groups -OCH3 is 1. The average Bonchev–Trinajstić information content (AvgIpc) is 2.35. The van der Waals surface area contributed by atoms with Crippen LogP contribution >= 0.6 is 0 Å². The Morgan fingerprint density at radius 2 is 2.16 bits per heavy atom. The number of aliphatic carboxylic acids is 1. The molecule has 1 fully saturated rings. The van der Waals surface area contributed by atoms with Crippen LogP contribution in [0, 0.1) is 5.92 Å². The molecule has 0 aliphatic heterocycles. The van der Waals surface area contributed by atoms with E-state index in [0.717, 1.165) is 19.3 Å². The number of nitrogens with one attached hydrogen (secondary N) is 1. The Bertz CT molecular complexity index is 331. The number of carboxylic acid groups (broad SMARTS) is 1. The lowest BCUT2D eigenvalue weighted by Gasteiger charge is -2.39. The number of hydrogen-bond donors (Lipinski definition) is 2. The van der Waals surface area contributed by atoms with Gasteiger partial charge >= 0.3 is 5.97 Å². The van der Waals surface area contributed by atoms with Gasteiger partial charge in [0.15, 0.2) is 0 Å². The van der Waals surface area contributed by atoms with Crippen LogP contribution in [0.1, 0.15) is 52.4 Å². The zero-order valence-electron chi connectivity index (χ0n) is 12.1. The summed E-state index contributed by atoms with van der Waals surface area (Å²) in [6.07, 6.45) is 4.32. The molecule has 0 aromatic heterocycles. The summed E-state index contributed by atoms with van der Waals surface area (Å²) in [5, 5.41) is 12.2. The Morgan fingerprint density at radius 1 is 1.47 bits per heavy atom. The van der Waals surface area contributed by atoms with E-state index in [1.807, 2.05) is 13.8 Å². The van der Waals surface area contributed by atoms with Gasteiger partial charge in [-0.3, -0.25) is 9.59 Å². The van der Waals surface area contributed by atoms with Gasteiger partial charge in [0.25, 0.3) is 0 Å². The SMILES string of the molecule is COC(C)CCC(=O)NC1(C)CCCCC1C(=O)O. The second-order valence-corrected chi connectivity index (χ2v) is 5.69. The fourth-order valence-electron chi connectivity index (χ4n) is 2.71. The average molecular weight is 271 g/mol. The van der Waals surface area contributed by atoms with Crippen molar-refractivity contribution in [3.63, 3.8) is 0 Å². The smallest absolute Gasteiger partial charge is 0.308 e. The van der Waals surface area contributed by atoms with Crippen molar-refractivity contribution in [3.8, 4) is 0 Å². The molecule has 1 aliphatic rings. The van der Waals surface area contributed by atoms with Gasteiger partial charge in [-0.15, -0.1) is 0 Å². The first kappa shape index (κ1) is 16.0. The van der Waals surface area contributed by atoms with Gasteiger partial charge in [-0.05, 0) is 33.1 Å². The third-order valence-corrected chi connectivity index (χ3v) is 4.11. The molecular formula is C14H25NO4. The molecule has 1 rings (SSSR count). The third-order valence-electron chi connectivity index (χ3n) is 4.11. The Kier molecular flexibility index (Phi) is 5.79. The first-order chi connectivity index (χ1) is 8.89. The highest BCUT2D eigenvalue weighted by Gasteiger charge is 2.41. The van der Waals surface area contributed by atoms with Crippen LogP contribution in [-0.2, 0) is 14.3 Å². The Hall–Kier alpha value is -1.10. The summed E-state index contributed by atoms with van der Waals surface area (Å²) >= 11 is 0. The second-order valence-electron chi connectivity index (χ2n) is 5.69. The van der Waals surface area contributed by atoms with Gasteiger partial charge < -0.3 is 15.2 Å². The minimum atomic E-state index is -0.812. The number of hydrogen-bond acceptors (Lipinski definition) is 3. The zero-order chi connectivity index (χ0) is 14.5. The molecule has 0 bridgehead atoms. The molecule has 3 unspecified atom stereocenters. The fourth-order valence-corrected chi connectivity index (χ4v) is 2.71. The van der Waals surface area contributed by atoms with E-state index in [1.165, 1.54) is 0 Å². The highest BCUT2D eigenvalue weighted by Crippen LogP contribution is 2.33. The number of carbonyl (C=O) groups is 2. The molecule has 5 heteroatoms. The van der Waals surface area contributed by atoms with Gasteiger partial charge in [-0.25, -0.2) is 0 Å². The molecule has 110 valence electrons. The molecule has 19 heavy (non-hydrogen) atoms. The number of ether oxygens (including phenoxy) is 1. The molecule has 1 saturated carbocycles. The molecule has 5 nitrogen and oxygen atoms in total. The molecule has 0 spiro atoms. The number of amides is 1. The quantitative estimate of drug-likeness (QED) is 0.774. The first-order valence-corrected chi connectivity index (χ1v) is 6.95. The highest BCUT2D eigenvalue weighted by molar-refractivity contribution is 5.79. The molecule has 0 saturated heterocycles. The molecule has 0 aromatic rings. The standard InChI is InChI=1S/C14H25NO4/c1-10(19-3)7-8-12(16)15-14(2)9-5-4-6-11(14)13(17)18/h10-11H,4-9H2,1-3H3,(H,15,16)(H,17,18). The van der Waals surface area contributed by atoms with Gasteiger partial charge in [0.2, 0.25) is 5.91 Å². The van der Waals surface area contributed by atoms with Crippen LogP contribution in [0.5, 0.6) is 0 Å². The topological polar surface area (TPSA) is 75.6 Å². The lowest BCUT2D eigenvalue weighted by atomic mass is 9.74. The monoisotopic (exact) mass is 271 g/mol. The van der Waals surface area contributed by atoms with Gasteiger partial charge in [0, 0.05) is 13.5 Å². The van der Waals surface area contributed by atoms with E-state index < -0.39 is 17.4 Å². The summed E-state index contributed by atoms with van der Waals surface area (Å²) in [6.45, 7) is 3.76. The molecule has 0 aromatic carbocycles. The zero-order valence-corrected chi connectivity index (χ0v) is 12.1. The summed E-state index contributed by atoms with van der Waals surface area (Å²) in [5.74, 6) is -1.38. The summed E-state index contributed by atoms with van der Waals surface area (Å²) in [4.78, 5) is 23.2. The molecule has 1 aliphatic carbocycles. The maximum atomic E-state index is 11.9. The van der Waals surface area contributed by atoms with Crippen LogP contribution in [0.25, 0.3) is 0 Å². The van der Waals surface area contributed by atoms with E-state index in [9.17, 15) is 14.7 Å². The summed E-state index contributed by atoms with van der Waals surface area (Å²) in [7, 11) is 1.62. The summed E-state index contributed by atoms with van der Waals surface area (Å²) in [6, 6.07) is 0. The van der Waals surface area contributed by atoms with Crippen molar-refractivity contribution < 1.29 is 19.4 Å². The lowest BCUT2D eigenvalue weighted by molar-refractivity contribution is -0.146. The second kappa shape index (κ2) is 6.89. The van der Waals surface area contributed by atoms with Crippen LogP contribution in [0.15, 0.2) is 0 Å². The largest absolute Gasteiger partial charge is 0.481 e. The van der Waals surface area contributed by atoms with Crippen LogP contribution < -0.4 is 5.32 Å². The molecule has 0 radical (unpaired) electrons. The normalized spacial score (nSPS) is 28.7. The molecule has 0 heterocycles. The predicted octanol–water partition coefficient (Wildman–Crippen LogP) is 1.95. The Morgan fingerprint density at radius 3 is 2.74 bits per heavy atom. The van der Waals surface area contributed by atoms with Crippen LogP contribution in [0.3, 0.4) is 0 Å². The maximum Gasteiger partial charge on any atom is 0.308 e. The Labute approximate surface area is 114 Å². The number of carbonyl (C=O) groups excluding carboxylic acids is 1. The lowest BCUT2D eigenvalue weighted by Crippen LogP contribution is -2.55. The van der Waals surface area contributed by atoms with Crippen molar-refractivity contribution in [1.29, 1.82) is 0 Å². The maximum absolute atomic E-state index is 11.9. The minimum Gasteiger partial charge on any atom is -0.481 e. The summed E-state index contributed by atoms with van der Waals surface area (Å²) < 4.78 is 5.10. The Balaban J connectivity index is 2.56. The molecule has 1 amide bonds. The van der Waals surface area contributed by atoms with E-state index in [4.69, 9.17) is 4.74 Å².